The molecule has 5 aromatic rings. The molecule has 194 valence electrons. The Labute approximate surface area is 222 Å². The fourth-order valence-electron chi connectivity index (χ4n) is 3.98. The number of aliphatic hydroxyl groups is 1. The summed E-state index contributed by atoms with van der Waals surface area (Å²) in [6.45, 7) is 5.32. The number of oxazole rings is 1. The molecule has 0 atom stereocenters. The van der Waals surface area contributed by atoms with Crippen LogP contribution in [0.5, 0.6) is 0 Å². The van der Waals surface area contributed by atoms with Crippen LogP contribution in [-0.4, -0.2) is 49.1 Å². The largest absolute Gasteiger partial charge is 0.440 e. The molecular weight excluding hydrogens is 504 g/mol. The Balaban J connectivity index is 1.46. The van der Waals surface area contributed by atoms with Gasteiger partial charge in [0.1, 0.15) is 5.69 Å². The number of nitrogens with zero attached hydrogens (tertiary/aromatic N) is 5. The molecule has 2 N–H and O–H groups in total. The molecule has 0 unspecified atom stereocenters. The van der Waals surface area contributed by atoms with Gasteiger partial charge in [0.2, 0.25) is 5.95 Å². The SMILES string of the molecule is Cc1ncc(-c2ccc(C(=O)Nc3nc4cc(N(C)C(=O)c5ccccn5)ccc4n3CC(C)(C)O)s2)o1. The van der Waals surface area contributed by atoms with Crippen molar-refractivity contribution >= 4 is 45.8 Å². The predicted molar refractivity (Wildman–Crippen MR) is 146 cm³/mol. The van der Waals surface area contributed by atoms with Crippen molar-refractivity contribution in [1.29, 1.82) is 0 Å². The number of aromatic nitrogens is 4. The second kappa shape index (κ2) is 9.84. The number of nitrogens with one attached hydrogen (secondary N) is 1. The van der Waals surface area contributed by atoms with Crippen molar-refractivity contribution in [1.82, 2.24) is 19.5 Å². The standard InChI is InChI=1S/C27H26N6O4S/c1-16-29-14-21(37-16)22-10-11-23(38-22)24(34)31-26-30-19-13-17(8-9-20(19)33(26)15-27(2,3)36)32(4)25(35)18-7-5-6-12-28-18/h5-14,36H,15H2,1-4H3,(H,30,31,34). The van der Waals surface area contributed by atoms with Gasteiger partial charge in [-0.05, 0) is 56.3 Å². The normalized spacial score (nSPS) is 11.6. The molecule has 0 saturated carbocycles. The number of hydrogen-bond donors (Lipinski definition) is 2. The van der Waals surface area contributed by atoms with Crippen LogP contribution < -0.4 is 10.2 Å². The number of hydrogen-bond acceptors (Lipinski definition) is 8. The average molecular weight is 531 g/mol. The van der Waals surface area contributed by atoms with Crippen LogP contribution in [0.15, 0.2) is 65.3 Å². The lowest BCUT2D eigenvalue weighted by Gasteiger charge is -2.20. The molecule has 38 heavy (non-hydrogen) atoms. The first-order valence-corrected chi connectivity index (χ1v) is 12.7. The lowest BCUT2D eigenvalue weighted by Crippen LogP contribution is -2.28. The Morgan fingerprint density at radius 3 is 2.66 bits per heavy atom. The third-order valence-electron chi connectivity index (χ3n) is 5.77. The zero-order valence-electron chi connectivity index (χ0n) is 21.3. The molecule has 0 saturated heterocycles. The van der Waals surface area contributed by atoms with Crippen molar-refractivity contribution in [3.8, 4) is 10.6 Å². The van der Waals surface area contributed by atoms with Gasteiger partial charge in [-0.1, -0.05) is 6.07 Å². The number of imidazole rings is 1. The average Bonchev–Trinajstić information content (AvgIpc) is 3.62. The minimum absolute atomic E-state index is 0.189. The Morgan fingerprint density at radius 1 is 1.16 bits per heavy atom. The Kier molecular flexibility index (Phi) is 6.55. The summed E-state index contributed by atoms with van der Waals surface area (Å²) in [6.07, 6.45) is 3.19. The lowest BCUT2D eigenvalue weighted by atomic mass is 10.1. The fraction of sp³-hybridized carbons (Fsp3) is 0.222. The number of aryl methyl sites for hydroxylation is 1. The predicted octanol–water partition coefficient (Wildman–Crippen LogP) is 4.76. The topological polar surface area (TPSA) is 126 Å². The van der Waals surface area contributed by atoms with E-state index in [2.05, 4.69) is 20.3 Å². The highest BCUT2D eigenvalue weighted by Crippen LogP contribution is 2.31. The van der Waals surface area contributed by atoms with Crippen LogP contribution in [0.25, 0.3) is 21.7 Å². The maximum absolute atomic E-state index is 13.2. The van der Waals surface area contributed by atoms with Crippen molar-refractivity contribution < 1.29 is 19.1 Å². The smallest absolute Gasteiger partial charge is 0.276 e. The summed E-state index contributed by atoms with van der Waals surface area (Å²) >= 11 is 1.28. The van der Waals surface area contributed by atoms with Crippen LogP contribution in [0, 0.1) is 6.92 Å². The first kappa shape index (κ1) is 25.3. The number of benzene rings is 1. The zero-order chi connectivity index (χ0) is 27.0. The van der Waals surface area contributed by atoms with Crippen molar-refractivity contribution in [2.24, 2.45) is 0 Å². The summed E-state index contributed by atoms with van der Waals surface area (Å²) in [5.41, 5.74) is 1.13. The summed E-state index contributed by atoms with van der Waals surface area (Å²) in [4.78, 5) is 41.7. The highest BCUT2D eigenvalue weighted by molar-refractivity contribution is 7.17. The number of thiophene rings is 1. The number of carbonyl (C=O) groups is 2. The second-order valence-electron chi connectivity index (χ2n) is 9.45. The van der Waals surface area contributed by atoms with Gasteiger partial charge >= 0.3 is 0 Å². The van der Waals surface area contributed by atoms with Gasteiger partial charge in [0.15, 0.2) is 11.7 Å². The van der Waals surface area contributed by atoms with Crippen LogP contribution in [0.1, 0.15) is 39.9 Å². The highest BCUT2D eigenvalue weighted by Gasteiger charge is 2.23. The van der Waals surface area contributed by atoms with Crippen LogP contribution in [0.3, 0.4) is 0 Å². The Hall–Kier alpha value is -4.35. The Bertz CT molecular complexity index is 1630. The van der Waals surface area contributed by atoms with E-state index in [9.17, 15) is 14.7 Å². The van der Waals surface area contributed by atoms with E-state index in [1.807, 2.05) is 6.07 Å². The van der Waals surface area contributed by atoms with Crippen molar-refractivity contribution in [2.45, 2.75) is 32.9 Å². The van der Waals surface area contributed by atoms with Gasteiger partial charge in [0.05, 0.1) is 39.1 Å². The summed E-state index contributed by atoms with van der Waals surface area (Å²) in [6, 6.07) is 14.1. The van der Waals surface area contributed by atoms with Gasteiger partial charge in [-0.25, -0.2) is 9.97 Å². The molecule has 0 bridgehead atoms. The number of fused-ring (bicyclic) bond motifs is 1. The van der Waals surface area contributed by atoms with Crippen molar-refractivity contribution in [2.75, 3.05) is 17.3 Å². The van der Waals surface area contributed by atoms with E-state index in [1.165, 1.54) is 16.2 Å². The van der Waals surface area contributed by atoms with Gasteiger partial charge < -0.3 is 19.0 Å². The van der Waals surface area contributed by atoms with Crippen LogP contribution in [0.4, 0.5) is 11.6 Å². The molecule has 0 spiro atoms. The first-order valence-electron chi connectivity index (χ1n) is 11.8. The summed E-state index contributed by atoms with van der Waals surface area (Å²) in [5, 5.41) is 13.4. The Morgan fingerprint density at radius 2 is 1.97 bits per heavy atom. The summed E-state index contributed by atoms with van der Waals surface area (Å²) in [7, 11) is 1.67. The van der Waals surface area contributed by atoms with Crippen LogP contribution in [0.2, 0.25) is 0 Å². The van der Waals surface area contributed by atoms with E-state index in [1.54, 1.807) is 87.2 Å². The maximum Gasteiger partial charge on any atom is 0.276 e. The van der Waals surface area contributed by atoms with E-state index < -0.39 is 5.60 Å². The van der Waals surface area contributed by atoms with E-state index >= 15 is 0 Å². The third kappa shape index (κ3) is 5.20. The quantitative estimate of drug-likeness (QED) is 0.311. The number of rotatable bonds is 7. The molecule has 10 nitrogen and oxygen atoms in total. The maximum atomic E-state index is 13.2. The van der Waals surface area contributed by atoms with Gasteiger partial charge in [-0.3, -0.25) is 19.9 Å². The number of carbonyl (C=O) groups excluding carboxylic acids is 2. The molecule has 4 aromatic heterocycles. The van der Waals surface area contributed by atoms with E-state index in [0.29, 0.717) is 38.9 Å². The fourth-order valence-corrected chi connectivity index (χ4v) is 4.83. The molecular formula is C27H26N6O4S. The lowest BCUT2D eigenvalue weighted by molar-refractivity contribution is 0.0630. The summed E-state index contributed by atoms with van der Waals surface area (Å²) < 4.78 is 7.32. The molecule has 4 heterocycles. The monoisotopic (exact) mass is 530 g/mol. The third-order valence-corrected chi connectivity index (χ3v) is 6.87. The molecule has 0 radical (unpaired) electrons. The molecule has 1 aromatic carbocycles. The number of amides is 2. The van der Waals surface area contributed by atoms with Crippen LogP contribution in [-0.2, 0) is 6.54 Å². The molecule has 11 heteroatoms. The molecule has 5 rings (SSSR count). The summed E-state index contributed by atoms with van der Waals surface area (Å²) in [5.74, 6) is 0.829. The van der Waals surface area contributed by atoms with Crippen LogP contribution >= 0.6 is 11.3 Å². The molecule has 0 aliphatic carbocycles. The minimum Gasteiger partial charge on any atom is -0.440 e. The van der Waals surface area contributed by atoms with Gasteiger partial charge in [-0.15, -0.1) is 11.3 Å². The van der Waals surface area contributed by atoms with E-state index in [0.717, 1.165) is 4.88 Å². The molecule has 0 aliphatic heterocycles. The van der Waals surface area contributed by atoms with E-state index in [4.69, 9.17) is 4.42 Å². The zero-order valence-corrected chi connectivity index (χ0v) is 22.1. The van der Waals surface area contributed by atoms with Gasteiger partial charge in [0, 0.05) is 25.9 Å². The van der Waals surface area contributed by atoms with Gasteiger partial charge in [-0.2, -0.15) is 0 Å². The van der Waals surface area contributed by atoms with Crippen molar-refractivity contribution in [3.05, 3.63) is 77.4 Å². The first-order chi connectivity index (χ1) is 18.1. The van der Waals surface area contributed by atoms with Gasteiger partial charge in [0.25, 0.3) is 11.8 Å². The molecule has 0 aliphatic rings. The highest BCUT2D eigenvalue weighted by atomic mass is 32.1. The van der Waals surface area contributed by atoms with E-state index in [-0.39, 0.29) is 24.3 Å². The number of anilines is 2. The molecule has 2 amide bonds. The molecule has 0 fully saturated rings. The van der Waals surface area contributed by atoms with Crippen molar-refractivity contribution in [3.63, 3.8) is 0 Å². The second-order valence-corrected chi connectivity index (χ2v) is 10.5. The number of pyridine rings is 1. The minimum atomic E-state index is -1.07.